The molecule has 164 valence electrons. The van der Waals surface area contributed by atoms with Gasteiger partial charge in [-0.25, -0.2) is 9.59 Å². The number of carbonyl (C=O) groups is 2. The molecule has 10 nitrogen and oxygen atoms in total. The zero-order valence-electron chi connectivity index (χ0n) is 15.3. The number of methoxy groups -OCH3 is 1. The molecule has 1 aromatic carbocycles. The number of carbonyl (C=O) groups excluding carboxylic acids is 2. The fourth-order valence-electron chi connectivity index (χ4n) is 2.48. The van der Waals surface area contributed by atoms with E-state index in [4.69, 9.17) is 4.74 Å². The van der Waals surface area contributed by atoms with E-state index in [0.717, 1.165) is 13.2 Å². The lowest BCUT2D eigenvalue weighted by molar-refractivity contribution is -0.757. The van der Waals surface area contributed by atoms with Crippen LogP contribution < -0.4 is 4.74 Å². The summed E-state index contributed by atoms with van der Waals surface area (Å²) >= 11 is 3.18. The number of esters is 1. The van der Waals surface area contributed by atoms with E-state index in [0.29, 0.717) is 4.47 Å². The number of benzene rings is 1. The summed E-state index contributed by atoms with van der Waals surface area (Å²) in [5.41, 5.74) is -0.830. The van der Waals surface area contributed by atoms with Crippen molar-refractivity contribution in [3.63, 3.8) is 0 Å². The Labute approximate surface area is 174 Å². The third-order valence-corrected chi connectivity index (χ3v) is 4.13. The molecule has 1 aliphatic rings. The Kier molecular flexibility index (Phi) is 6.80. The molecule has 30 heavy (non-hydrogen) atoms. The van der Waals surface area contributed by atoms with E-state index in [1.54, 1.807) is 0 Å². The monoisotopic (exact) mass is 499 g/mol. The summed E-state index contributed by atoms with van der Waals surface area (Å²) in [6.45, 7) is -0.111. The van der Waals surface area contributed by atoms with Crippen LogP contribution in [0.5, 0.6) is 5.75 Å². The smallest absolute Gasteiger partial charge is 0.465 e. The van der Waals surface area contributed by atoms with Crippen LogP contribution in [-0.2, 0) is 23.8 Å². The van der Waals surface area contributed by atoms with Crippen LogP contribution in [-0.4, -0.2) is 49.5 Å². The Morgan fingerprint density at radius 2 is 1.97 bits per heavy atom. The maximum atomic E-state index is 14.1. The molecule has 1 aliphatic heterocycles. The van der Waals surface area contributed by atoms with Crippen LogP contribution in [0.25, 0.3) is 6.08 Å². The number of fused-ring (bicyclic) bond motifs is 1. The van der Waals surface area contributed by atoms with Crippen LogP contribution in [0.4, 0.5) is 18.0 Å². The lowest BCUT2D eigenvalue weighted by Crippen LogP contribution is -2.58. The molecular formula is C16H13BrF3NO9. The average Bonchev–Trinajstić information content (AvgIpc) is 2.63. The van der Waals surface area contributed by atoms with Gasteiger partial charge in [-0.15, -0.1) is 10.1 Å². The maximum absolute atomic E-state index is 14.1. The van der Waals surface area contributed by atoms with Gasteiger partial charge in [0.1, 0.15) is 24.5 Å². The number of halogens is 4. The number of nitrogens with zero attached hydrogens (tertiary/aromatic N) is 1. The molecule has 0 amide bonds. The van der Waals surface area contributed by atoms with Crippen molar-refractivity contribution < 1.29 is 51.6 Å². The van der Waals surface area contributed by atoms with Gasteiger partial charge in [0, 0.05) is 10.0 Å². The molecule has 14 heteroatoms. The standard InChI is InChI=1S/C16H13BrF3NO9/c1-8-5-10(17)6-9-7-11(13(22)26-2)15(16(18,19)20,29-12(8)9)30-14(23)27-3-4-28-21(24)25/h5-7H,3-4H2,1-2H3/t15-/m1/s1. The highest BCUT2D eigenvalue weighted by Gasteiger charge is 2.68. The second-order valence-electron chi connectivity index (χ2n) is 5.66. The van der Waals surface area contributed by atoms with Crippen molar-refractivity contribution in [1.29, 1.82) is 0 Å². The second kappa shape index (κ2) is 8.77. The molecule has 0 saturated carbocycles. The van der Waals surface area contributed by atoms with Crippen molar-refractivity contribution in [2.24, 2.45) is 0 Å². The van der Waals surface area contributed by atoms with E-state index >= 15 is 0 Å². The molecule has 0 radical (unpaired) electrons. The predicted molar refractivity (Wildman–Crippen MR) is 93.7 cm³/mol. The third kappa shape index (κ3) is 4.75. The van der Waals surface area contributed by atoms with E-state index in [2.05, 4.69) is 35.0 Å². The molecule has 2 rings (SSSR count). The Morgan fingerprint density at radius 1 is 1.30 bits per heavy atom. The Balaban J connectivity index is 2.47. The molecule has 0 saturated heterocycles. The first kappa shape index (κ1) is 23.3. The van der Waals surface area contributed by atoms with Crippen molar-refractivity contribution in [1.82, 2.24) is 0 Å². The molecule has 0 N–H and O–H groups in total. The summed E-state index contributed by atoms with van der Waals surface area (Å²) in [7, 11) is 0.833. The molecule has 1 atom stereocenters. The van der Waals surface area contributed by atoms with E-state index in [9.17, 15) is 32.9 Å². The van der Waals surface area contributed by atoms with Gasteiger partial charge in [0.25, 0.3) is 5.09 Å². The van der Waals surface area contributed by atoms with E-state index < -0.39 is 48.0 Å². The van der Waals surface area contributed by atoms with Crippen LogP contribution in [0, 0.1) is 17.0 Å². The zero-order chi connectivity index (χ0) is 22.7. The molecule has 0 fully saturated rings. The van der Waals surface area contributed by atoms with Gasteiger partial charge in [-0.1, -0.05) is 15.9 Å². The van der Waals surface area contributed by atoms with E-state index in [-0.39, 0.29) is 16.9 Å². The quantitative estimate of drug-likeness (QED) is 0.251. The molecule has 0 aromatic heterocycles. The van der Waals surface area contributed by atoms with Gasteiger partial charge in [0.15, 0.2) is 0 Å². The van der Waals surface area contributed by atoms with E-state index in [1.807, 2.05) is 0 Å². The lowest BCUT2D eigenvalue weighted by Gasteiger charge is -2.38. The molecule has 0 aliphatic carbocycles. The highest BCUT2D eigenvalue weighted by molar-refractivity contribution is 9.10. The first-order valence-corrected chi connectivity index (χ1v) is 8.70. The van der Waals surface area contributed by atoms with Crippen molar-refractivity contribution >= 4 is 34.1 Å². The summed E-state index contributed by atoms with van der Waals surface area (Å²) in [6.07, 6.45) is -6.54. The molecule has 1 aromatic rings. The SMILES string of the molecule is COC(=O)C1=Cc2cc(Br)cc(C)c2O[C@]1(OC(=O)OCCO[N+](=O)[O-])C(F)(F)F. The van der Waals surface area contributed by atoms with Gasteiger partial charge in [0.2, 0.25) is 0 Å². The third-order valence-electron chi connectivity index (χ3n) is 3.67. The van der Waals surface area contributed by atoms with Crippen LogP contribution in [0.1, 0.15) is 11.1 Å². The fourth-order valence-corrected chi connectivity index (χ4v) is 3.07. The number of aryl methyl sites for hydroxylation is 1. The van der Waals surface area contributed by atoms with Crippen molar-refractivity contribution in [2.45, 2.75) is 18.9 Å². The lowest BCUT2D eigenvalue weighted by atomic mass is 9.96. The molecule has 0 spiro atoms. The number of alkyl halides is 3. The van der Waals surface area contributed by atoms with Gasteiger partial charge in [-0.2, -0.15) is 13.2 Å². The summed E-state index contributed by atoms with van der Waals surface area (Å²) < 4.78 is 60.9. The van der Waals surface area contributed by atoms with Crippen LogP contribution in [0.3, 0.4) is 0 Å². The van der Waals surface area contributed by atoms with Crippen LogP contribution in [0.15, 0.2) is 22.2 Å². The Hall–Kier alpha value is -3.03. The first-order valence-electron chi connectivity index (χ1n) is 7.90. The number of rotatable bonds is 6. The number of ether oxygens (including phenoxy) is 4. The summed E-state index contributed by atoms with van der Waals surface area (Å²) in [5, 5.41) is 8.86. The topological polar surface area (TPSA) is 123 Å². The summed E-state index contributed by atoms with van der Waals surface area (Å²) in [4.78, 5) is 37.9. The number of hydrogen-bond donors (Lipinski definition) is 0. The van der Waals surface area contributed by atoms with Gasteiger partial charge < -0.3 is 23.8 Å². The minimum absolute atomic E-state index is 0.0958. The van der Waals surface area contributed by atoms with Gasteiger partial charge in [-0.3, -0.25) is 0 Å². The predicted octanol–water partition coefficient (Wildman–Crippen LogP) is 3.33. The van der Waals surface area contributed by atoms with Gasteiger partial charge in [-0.05, 0) is 30.7 Å². The summed E-state index contributed by atoms with van der Waals surface area (Å²) in [6, 6.07) is 2.84. The second-order valence-corrected chi connectivity index (χ2v) is 6.58. The minimum atomic E-state index is -5.44. The minimum Gasteiger partial charge on any atom is -0.465 e. The number of hydrogen-bond acceptors (Lipinski definition) is 9. The van der Waals surface area contributed by atoms with Crippen molar-refractivity contribution in [2.75, 3.05) is 20.3 Å². The molecular weight excluding hydrogens is 487 g/mol. The highest BCUT2D eigenvalue weighted by Crippen LogP contribution is 2.48. The van der Waals surface area contributed by atoms with Crippen molar-refractivity contribution in [3.05, 3.63) is 43.4 Å². The highest BCUT2D eigenvalue weighted by atomic mass is 79.9. The van der Waals surface area contributed by atoms with Gasteiger partial charge >= 0.3 is 24.1 Å². The maximum Gasteiger partial charge on any atom is 0.512 e. The van der Waals surface area contributed by atoms with Crippen molar-refractivity contribution in [3.8, 4) is 5.75 Å². The molecule has 1 heterocycles. The Morgan fingerprint density at radius 3 is 2.53 bits per heavy atom. The molecule has 0 bridgehead atoms. The molecule has 0 unspecified atom stereocenters. The normalized spacial score (nSPS) is 17.7. The summed E-state index contributed by atoms with van der Waals surface area (Å²) in [5.74, 6) is -5.65. The van der Waals surface area contributed by atoms with Crippen LogP contribution >= 0.6 is 15.9 Å². The van der Waals surface area contributed by atoms with Gasteiger partial charge in [0.05, 0.1) is 7.11 Å². The average molecular weight is 500 g/mol. The fraction of sp³-hybridized carbons (Fsp3) is 0.375. The zero-order valence-corrected chi connectivity index (χ0v) is 16.9. The first-order chi connectivity index (χ1) is 13.9. The largest absolute Gasteiger partial charge is 0.512 e. The Bertz CT molecular complexity index is 903. The van der Waals surface area contributed by atoms with E-state index in [1.165, 1.54) is 19.1 Å². The van der Waals surface area contributed by atoms with Crippen LogP contribution in [0.2, 0.25) is 0 Å².